The number of hydrogen-bond donors (Lipinski definition) is 1. The summed E-state index contributed by atoms with van der Waals surface area (Å²) in [5, 5.41) is 4.32. The lowest BCUT2D eigenvalue weighted by Gasteiger charge is -2.09. The monoisotopic (exact) mass is 277 g/mol. The van der Waals surface area contributed by atoms with Crippen LogP contribution < -0.4 is 5.56 Å². The van der Waals surface area contributed by atoms with Crippen LogP contribution in [-0.2, 0) is 17.0 Å². The minimum Gasteiger partial charge on any atom is -0.383 e. The summed E-state index contributed by atoms with van der Waals surface area (Å²) in [7, 11) is 1.59. The first kappa shape index (κ1) is 13.8. The van der Waals surface area contributed by atoms with Crippen molar-refractivity contribution in [3.05, 3.63) is 46.4 Å². The first-order chi connectivity index (χ1) is 9.26. The van der Waals surface area contributed by atoms with E-state index in [4.69, 9.17) is 4.74 Å². The maximum atomic E-state index is 12.1. The Balaban J connectivity index is 2.48. The maximum absolute atomic E-state index is 12.1. The Morgan fingerprint density at radius 1 is 1.37 bits per heavy atom. The summed E-state index contributed by atoms with van der Waals surface area (Å²) >= 11 is 4.19. The average Bonchev–Trinajstić information content (AvgIpc) is 2.47. The van der Waals surface area contributed by atoms with Gasteiger partial charge in [0.05, 0.1) is 18.8 Å². The standard InChI is InChI=1S/C13H15N3O2S/c1-18-7-6-16-13(17)10(9-19)8-12(15-16)11-4-2-3-5-14-11/h2-5,8,19H,6-7,9H2,1H3. The molecule has 5 nitrogen and oxygen atoms in total. The summed E-state index contributed by atoms with van der Waals surface area (Å²) in [4.78, 5) is 16.3. The summed E-state index contributed by atoms with van der Waals surface area (Å²) < 4.78 is 6.39. The Hall–Kier alpha value is -1.66. The molecule has 0 aliphatic carbocycles. The van der Waals surface area contributed by atoms with E-state index in [2.05, 4.69) is 22.7 Å². The van der Waals surface area contributed by atoms with Crippen LogP contribution >= 0.6 is 12.6 Å². The lowest BCUT2D eigenvalue weighted by Crippen LogP contribution is -2.28. The Morgan fingerprint density at radius 3 is 2.84 bits per heavy atom. The topological polar surface area (TPSA) is 57.0 Å². The Labute approximate surface area is 116 Å². The van der Waals surface area contributed by atoms with Gasteiger partial charge in [-0.25, -0.2) is 4.68 Å². The zero-order valence-electron chi connectivity index (χ0n) is 10.6. The molecule has 19 heavy (non-hydrogen) atoms. The van der Waals surface area contributed by atoms with Gasteiger partial charge in [0.1, 0.15) is 5.69 Å². The van der Waals surface area contributed by atoms with Crippen LogP contribution in [0.15, 0.2) is 35.3 Å². The Bertz CT molecular complexity index is 599. The third-order valence-electron chi connectivity index (χ3n) is 2.65. The molecule has 0 aliphatic rings. The molecule has 0 spiro atoms. The van der Waals surface area contributed by atoms with Crippen molar-refractivity contribution >= 4 is 12.6 Å². The van der Waals surface area contributed by atoms with Crippen molar-refractivity contribution in [2.24, 2.45) is 0 Å². The second-order valence-corrected chi connectivity index (χ2v) is 4.27. The Morgan fingerprint density at radius 2 is 2.21 bits per heavy atom. The third kappa shape index (κ3) is 3.21. The van der Waals surface area contributed by atoms with Crippen LogP contribution in [0.2, 0.25) is 0 Å². The van der Waals surface area contributed by atoms with Gasteiger partial charge in [-0.1, -0.05) is 6.07 Å². The number of nitrogens with zero attached hydrogens (tertiary/aromatic N) is 3. The SMILES string of the molecule is COCCn1nc(-c2ccccn2)cc(CS)c1=O. The molecule has 0 unspecified atom stereocenters. The Kier molecular flexibility index (Phi) is 4.70. The fourth-order valence-corrected chi connectivity index (χ4v) is 1.91. The van der Waals surface area contributed by atoms with Crippen molar-refractivity contribution in [2.75, 3.05) is 13.7 Å². The summed E-state index contributed by atoms with van der Waals surface area (Å²) in [5.74, 6) is 0.369. The second-order valence-electron chi connectivity index (χ2n) is 3.95. The fraction of sp³-hybridized carbons (Fsp3) is 0.308. The molecule has 2 heterocycles. The number of ether oxygens (including phenoxy) is 1. The molecular weight excluding hydrogens is 262 g/mol. The van der Waals surface area contributed by atoms with Gasteiger partial charge in [0, 0.05) is 24.6 Å². The number of pyridine rings is 1. The predicted molar refractivity (Wildman–Crippen MR) is 76.3 cm³/mol. The molecule has 2 aromatic heterocycles. The lowest BCUT2D eigenvalue weighted by atomic mass is 10.2. The molecule has 2 rings (SSSR count). The van der Waals surface area contributed by atoms with Crippen molar-refractivity contribution in [2.45, 2.75) is 12.3 Å². The van der Waals surface area contributed by atoms with Gasteiger partial charge in [-0.15, -0.1) is 0 Å². The zero-order valence-corrected chi connectivity index (χ0v) is 11.5. The molecule has 100 valence electrons. The normalized spacial score (nSPS) is 10.6. The fourth-order valence-electron chi connectivity index (χ4n) is 1.68. The molecule has 0 bridgehead atoms. The van der Waals surface area contributed by atoms with E-state index in [-0.39, 0.29) is 5.56 Å². The number of hydrogen-bond acceptors (Lipinski definition) is 5. The van der Waals surface area contributed by atoms with Crippen LogP contribution in [0.1, 0.15) is 5.56 Å². The summed E-state index contributed by atoms with van der Waals surface area (Å²) in [6, 6.07) is 7.32. The lowest BCUT2D eigenvalue weighted by molar-refractivity contribution is 0.182. The highest BCUT2D eigenvalue weighted by atomic mass is 32.1. The van der Waals surface area contributed by atoms with E-state index < -0.39 is 0 Å². The molecular formula is C13H15N3O2S. The van der Waals surface area contributed by atoms with E-state index in [1.165, 1.54) is 4.68 Å². The highest BCUT2D eigenvalue weighted by Gasteiger charge is 2.09. The van der Waals surface area contributed by atoms with Gasteiger partial charge in [-0.3, -0.25) is 9.78 Å². The molecule has 0 radical (unpaired) electrons. The van der Waals surface area contributed by atoms with E-state index in [0.29, 0.717) is 30.2 Å². The molecule has 0 aromatic carbocycles. The van der Waals surface area contributed by atoms with Crippen LogP contribution in [0.3, 0.4) is 0 Å². The van der Waals surface area contributed by atoms with Crippen LogP contribution in [0.4, 0.5) is 0 Å². The maximum Gasteiger partial charge on any atom is 0.270 e. The van der Waals surface area contributed by atoms with Crippen molar-refractivity contribution in [1.82, 2.24) is 14.8 Å². The molecule has 0 N–H and O–H groups in total. The van der Waals surface area contributed by atoms with Crippen LogP contribution in [0, 0.1) is 0 Å². The van der Waals surface area contributed by atoms with Gasteiger partial charge in [0.15, 0.2) is 0 Å². The van der Waals surface area contributed by atoms with Gasteiger partial charge in [0.2, 0.25) is 0 Å². The third-order valence-corrected chi connectivity index (χ3v) is 2.99. The summed E-state index contributed by atoms with van der Waals surface area (Å²) in [5.41, 5.74) is 1.87. The highest BCUT2D eigenvalue weighted by Crippen LogP contribution is 2.13. The van der Waals surface area contributed by atoms with Crippen molar-refractivity contribution in [1.29, 1.82) is 0 Å². The molecule has 0 saturated carbocycles. The molecule has 0 atom stereocenters. The van der Waals surface area contributed by atoms with E-state index in [1.54, 1.807) is 19.4 Å². The number of thiol groups is 1. The minimum absolute atomic E-state index is 0.133. The summed E-state index contributed by atoms with van der Waals surface area (Å²) in [6.45, 7) is 0.849. The van der Waals surface area contributed by atoms with Gasteiger partial charge in [-0.2, -0.15) is 17.7 Å². The van der Waals surface area contributed by atoms with E-state index >= 15 is 0 Å². The number of rotatable bonds is 5. The van der Waals surface area contributed by atoms with Crippen LogP contribution in [0.5, 0.6) is 0 Å². The van der Waals surface area contributed by atoms with Gasteiger partial charge in [-0.05, 0) is 18.2 Å². The van der Waals surface area contributed by atoms with Crippen molar-refractivity contribution in [3.8, 4) is 11.4 Å². The molecule has 0 amide bonds. The first-order valence-electron chi connectivity index (χ1n) is 5.88. The molecule has 0 fully saturated rings. The van der Waals surface area contributed by atoms with Crippen molar-refractivity contribution in [3.63, 3.8) is 0 Å². The van der Waals surface area contributed by atoms with Crippen LogP contribution in [-0.4, -0.2) is 28.5 Å². The first-order valence-corrected chi connectivity index (χ1v) is 6.51. The summed E-state index contributed by atoms with van der Waals surface area (Å²) in [6.07, 6.45) is 1.70. The number of aromatic nitrogens is 3. The average molecular weight is 277 g/mol. The molecule has 0 aliphatic heterocycles. The van der Waals surface area contributed by atoms with Crippen molar-refractivity contribution < 1.29 is 4.74 Å². The van der Waals surface area contributed by atoms with E-state index in [1.807, 2.05) is 18.2 Å². The van der Waals surface area contributed by atoms with Crippen LogP contribution in [0.25, 0.3) is 11.4 Å². The van der Waals surface area contributed by atoms with Gasteiger partial charge in [0.25, 0.3) is 5.56 Å². The van der Waals surface area contributed by atoms with Gasteiger partial charge < -0.3 is 4.74 Å². The molecule has 6 heteroatoms. The zero-order chi connectivity index (χ0) is 13.7. The van der Waals surface area contributed by atoms with E-state index in [9.17, 15) is 4.79 Å². The molecule has 2 aromatic rings. The van der Waals surface area contributed by atoms with E-state index in [0.717, 1.165) is 5.69 Å². The second kappa shape index (κ2) is 6.49. The predicted octanol–water partition coefficient (Wildman–Crippen LogP) is 1.38. The largest absolute Gasteiger partial charge is 0.383 e. The quantitative estimate of drug-likeness (QED) is 0.839. The van der Waals surface area contributed by atoms with Gasteiger partial charge >= 0.3 is 0 Å². The highest BCUT2D eigenvalue weighted by molar-refractivity contribution is 7.79. The smallest absolute Gasteiger partial charge is 0.270 e. The number of methoxy groups -OCH3 is 1. The minimum atomic E-state index is -0.133. The molecule has 0 saturated heterocycles.